The minimum Gasteiger partial charge on any atom is -0.495 e. The molecule has 1 saturated heterocycles. The van der Waals surface area contributed by atoms with Crippen molar-refractivity contribution >= 4 is 34.9 Å². The molecule has 2 aromatic rings. The van der Waals surface area contributed by atoms with E-state index in [0.717, 1.165) is 4.88 Å². The minimum atomic E-state index is -0.549. The number of anilines is 1. The van der Waals surface area contributed by atoms with E-state index in [-0.39, 0.29) is 12.5 Å². The molecular formula is C21H26N4O5S. The molecule has 31 heavy (non-hydrogen) atoms. The first-order valence-corrected chi connectivity index (χ1v) is 10.8. The van der Waals surface area contributed by atoms with Gasteiger partial charge in [0.05, 0.1) is 32.6 Å². The topological polar surface area (TPSA) is 109 Å². The van der Waals surface area contributed by atoms with Crippen molar-refractivity contribution in [2.24, 2.45) is 0 Å². The van der Waals surface area contributed by atoms with Gasteiger partial charge in [0.15, 0.2) is 0 Å². The highest BCUT2D eigenvalue weighted by Crippen LogP contribution is 2.26. The minimum absolute atomic E-state index is 0.108. The van der Waals surface area contributed by atoms with Crippen molar-refractivity contribution in [1.29, 1.82) is 0 Å². The molecule has 3 rings (SSSR count). The first-order chi connectivity index (χ1) is 15.1. The van der Waals surface area contributed by atoms with Crippen molar-refractivity contribution in [3.63, 3.8) is 0 Å². The number of nitrogens with zero attached hydrogens (tertiary/aromatic N) is 1. The number of amides is 4. The number of thiophene rings is 1. The summed E-state index contributed by atoms with van der Waals surface area (Å²) in [4.78, 5) is 39.6. The largest absolute Gasteiger partial charge is 0.495 e. The lowest BCUT2D eigenvalue weighted by Gasteiger charge is -2.27. The van der Waals surface area contributed by atoms with E-state index in [1.807, 2.05) is 17.5 Å². The van der Waals surface area contributed by atoms with Gasteiger partial charge in [-0.3, -0.25) is 14.9 Å². The van der Waals surface area contributed by atoms with E-state index in [4.69, 9.17) is 9.47 Å². The number of benzene rings is 1. The average Bonchev–Trinajstić information content (AvgIpc) is 3.31. The Kier molecular flexibility index (Phi) is 8.25. The quantitative estimate of drug-likeness (QED) is 0.570. The summed E-state index contributed by atoms with van der Waals surface area (Å²) in [6.07, 6.45) is 0.707. The van der Waals surface area contributed by atoms with Crippen LogP contribution in [0.3, 0.4) is 0 Å². The van der Waals surface area contributed by atoms with Gasteiger partial charge >= 0.3 is 6.03 Å². The maximum atomic E-state index is 12.7. The molecule has 3 N–H and O–H groups in total. The number of hydrogen-bond acceptors (Lipinski definition) is 7. The zero-order valence-electron chi connectivity index (χ0n) is 17.3. The van der Waals surface area contributed by atoms with Gasteiger partial charge in [0.2, 0.25) is 5.91 Å². The molecule has 1 fully saturated rings. The van der Waals surface area contributed by atoms with Crippen molar-refractivity contribution in [3.05, 3.63) is 46.2 Å². The second-order valence-electron chi connectivity index (χ2n) is 6.81. The highest BCUT2D eigenvalue weighted by Gasteiger charge is 2.20. The van der Waals surface area contributed by atoms with Crippen molar-refractivity contribution < 1.29 is 23.9 Å². The zero-order chi connectivity index (χ0) is 22.1. The number of ether oxygens (including phenoxy) is 2. The number of carbonyl (C=O) groups excluding carboxylic acids is 3. The van der Waals surface area contributed by atoms with Crippen LogP contribution in [0.5, 0.6) is 5.75 Å². The Labute approximate surface area is 184 Å². The number of imide groups is 1. The summed E-state index contributed by atoms with van der Waals surface area (Å²) in [5.41, 5.74) is 0.979. The maximum absolute atomic E-state index is 12.7. The third-order valence-corrected chi connectivity index (χ3v) is 5.61. The molecular weight excluding hydrogens is 420 g/mol. The molecule has 166 valence electrons. The van der Waals surface area contributed by atoms with Crippen LogP contribution in [0.25, 0.3) is 0 Å². The summed E-state index contributed by atoms with van der Waals surface area (Å²) < 4.78 is 10.6. The molecule has 0 aliphatic carbocycles. The number of hydrogen-bond donors (Lipinski definition) is 3. The summed E-state index contributed by atoms with van der Waals surface area (Å²) in [5, 5.41) is 9.84. The van der Waals surface area contributed by atoms with Crippen LogP contribution in [0.15, 0.2) is 35.7 Å². The van der Waals surface area contributed by atoms with Crippen LogP contribution in [-0.2, 0) is 16.0 Å². The van der Waals surface area contributed by atoms with Gasteiger partial charge in [0.1, 0.15) is 5.75 Å². The molecule has 1 aliphatic heterocycles. The third kappa shape index (κ3) is 6.69. The van der Waals surface area contributed by atoms with E-state index in [2.05, 4.69) is 16.0 Å². The molecule has 4 amide bonds. The van der Waals surface area contributed by atoms with Crippen molar-refractivity contribution in [1.82, 2.24) is 15.5 Å². The fraction of sp³-hybridized carbons (Fsp3) is 0.381. The van der Waals surface area contributed by atoms with E-state index < -0.39 is 11.9 Å². The number of carbonyl (C=O) groups is 3. The van der Waals surface area contributed by atoms with E-state index >= 15 is 0 Å². The summed E-state index contributed by atoms with van der Waals surface area (Å²) in [7, 11) is 1.51. The van der Waals surface area contributed by atoms with E-state index in [0.29, 0.717) is 56.3 Å². The maximum Gasteiger partial charge on any atom is 0.321 e. The summed E-state index contributed by atoms with van der Waals surface area (Å²) >= 11 is 1.62. The Balaban J connectivity index is 1.50. The Hall–Kier alpha value is -3.11. The normalized spacial score (nSPS) is 13.4. The first kappa shape index (κ1) is 22.6. The smallest absolute Gasteiger partial charge is 0.321 e. The second kappa shape index (κ2) is 11.3. The van der Waals surface area contributed by atoms with Gasteiger partial charge in [-0.15, -0.1) is 11.3 Å². The summed E-state index contributed by atoms with van der Waals surface area (Å²) in [6.45, 7) is 2.40. The molecule has 0 saturated carbocycles. The van der Waals surface area contributed by atoms with Crippen LogP contribution in [0.4, 0.5) is 10.5 Å². The molecule has 0 radical (unpaired) electrons. The van der Waals surface area contributed by atoms with Crippen molar-refractivity contribution in [3.8, 4) is 5.75 Å². The highest BCUT2D eigenvalue weighted by atomic mass is 32.1. The fourth-order valence-corrected chi connectivity index (χ4v) is 3.78. The molecule has 1 aromatic carbocycles. The molecule has 1 aliphatic rings. The zero-order valence-corrected chi connectivity index (χ0v) is 18.1. The standard InChI is InChI=1S/C21H26N4O5S/c1-29-18-5-4-15(20(27)25-8-10-30-11-9-25)13-17(18)23-14-19(26)24-21(28)22-7-6-16-3-2-12-31-16/h2-5,12-13,23H,6-11,14H2,1H3,(H2,22,24,26,28). The lowest BCUT2D eigenvalue weighted by molar-refractivity contribution is -0.118. The molecule has 9 nitrogen and oxygen atoms in total. The van der Waals surface area contributed by atoms with Crippen molar-refractivity contribution in [2.75, 3.05) is 51.8 Å². The molecule has 0 unspecified atom stereocenters. The number of methoxy groups -OCH3 is 1. The lowest BCUT2D eigenvalue weighted by Crippen LogP contribution is -2.42. The Morgan fingerprint density at radius 2 is 2.00 bits per heavy atom. The lowest BCUT2D eigenvalue weighted by atomic mass is 10.1. The summed E-state index contributed by atoms with van der Waals surface area (Å²) in [5.74, 6) is -0.115. The van der Waals surface area contributed by atoms with Crippen molar-refractivity contribution in [2.45, 2.75) is 6.42 Å². The van der Waals surface area contributed by atoms with Crippen LogP contribution in [0.1, 0.15) is 15.2 Å². The average molecular weight is 447 g/mol. The fourth-order valence-electron chi connectivity index (χ4n) is 3.07. The van der Waals surface area contributed by atoms with Gasteiger partial charge in [-0.05, 0) is 36.1 Å². The van der Waals surface area contributed by atoms with E-state index in [1.165, 1.54) is 7.11 Å². The molecule has 0 atom stereocenters. The first-order valence-electron chi connectivity index (χ1n) is 9.96. The van der Waals surface area contributed by atoms with Gasteiger partial charge < -0.3 is 25.0 Å². The van der Waals surface area contributed by atoms with Gasteiger partial charge in [-0.1, -0.05) is 6.07 Å². The van der Waals surface area contributed by atoms with Crippen LogP contribution >= 0.6 is 11.3 Å². The molecule has 10 heteroatoms. The van der Waals surface area contributed by atoms with Gasteiger partial charge in [0.25, 0.3) is 5.91 Å². The molecule has 0 bridgehead atoms. The predicted molar refractivity (Wildman–Crippen MR) is 118 cm³/mol. The number of urea groups is 1. The van der Waals surface area contributed by atoms with E-state index in [1.54, 1.807) is 34.4 Å². The predicted octanol–water partition coefficient (Wildman–Crippen LogP) is 1.71. The molecule has 1 aromatic heterocycles. The third-order valence-electron chi connectivity index (χ3n) is 4.67. The Morgan fingerprint density at radius 1 is 1.19 bits per heavy atom. The Bertz CT molecular complexity index is 897. The summed E-state index contributed by atoms with van der Waals surface area (Å²) in [6, 6.07) is 8.39. The Morgan fingerprint density at radius 3 is 2.71 bits per heavy atom. The SMILES string of the molecule is COc1ccc(C(=O)N2CCOCC2)cc1NCC(=O)NC(=O)NCCc1cccs1. The van der Waals surface area contributed by atoms with Crippen LogP contribution in [0, 0.1) is 0 Å². The van der Waals surface area contributed by atoms with Gasteiger partial charge in [-0.25, -0.2) is 4.79 Å². The van der Waals surface area contributed by atoms with Gasteiger partial charge in [-0.2, -0.15) is 0 Å². The molecule has 0 spiro atoms. The number of rotatable bonds is 8. The molecule has 2 heterocycles. The van der Waals surface area contributed by atoms with Crippen LogP contribution in [-0.4, -0.2) is 69.2 Å². The van der Waals surface area contributed by atoms with E-state index in [9.17, 15) is 14.4 Å². The second-order valence-corrected chi connectivity index (χ2v) is 7.84. The number of morpholine rings is 1. The van der Waals surface area contributed by atoms with Crippen LogP contribution in [0.2, 0.25) is 0 Å². The monoisotopic (exact) mass is 446 g/mol. The van der Waals surface area contributed by atoms with Gasteiger partial charge in [0, 0.05) is 30.1 Å². The highest BCUT2D eigenvalue weighted by molar-refractivity contribution is 7.09. The number of nitrogens with one attached hydrogen (secondary N) is 3. The van der Waals surface area contributed by atoms with Crippen LogP contribution < -0.4 is 20.7 Å².